The van der Waals surface area contributed by atoms with Gasteiger partial charge in [-0.3, -0.25) is 0 Å². The maximum absolute atomic E-state index is 10.2. The number of furan rings is 1. The Morgan fingerprint density at radius 1 is 1.36 bits per heavy atom. The van der Waals surface area contributed by atoms with Gasteiger partial charge in [-0.25, -0.2) is 0 Å². The molecule has 2 aromatic rings. The van der Waals surface area contributed by atoms with Crippen molar-refractivity contribution < 1.29 is 9.21 Å². The Balaban J connectivity index is 2.36. The largest absolute Gasteiger partial charge is 0.461 e. The van der Waals surface area contributed by atoms with Crippen molar-refractivity contribution >= 4 is 28.9 Å². The fraction of sp³-hybridized carbons (Fsp3) is 0.182. The lowest BCUT2D eigenvalue weighted by molar-refractivity contribution is -0.107. The van der Waals surface area contributed by atoms with E-state index >= 15 is 0 Å². The lowest BCUT2D eigenvalue weighted by atomic mass is 10.2. The van der Waals surface area contributed by atoms with E-state index in [0.29, 0.717) is 17.9 Å². The molecule has 0 aliphatic rings. The van der Waals surface area contributed by atoms with Crippen molar-refractivity contribution in [3.05, 3.63) is 35.0 Å². The van der Waals surface area contributed by atoms with Gasteiger partial charge in [-0.05, 0) is 24.3 Å². The van der Waals surface area contributed by atoms with Crippen molar-refractivity contribution in [1.82, 2.24) is 0 Å². The van der Waals surface area contributed by atoms with Crippen molar-refractivity contribution in [2.24, 2.45) is 0 Å². The van der Waals surface area contributed by atoms with Gasteiger partial charge in [-0.15, -0.1) is 0 Å². The lowest BCUT2D eigenvalue weighted by Crippen LogP contribution is -1.80. The minimum absolute atomic E-state index is 0.494. The van der Waals surface area contributed by atoms with Gasteiger partial charge in [-0.1, -0.05) is 11.6 Å². The van der Waals surface area contributed by atoms with Crippen LogP contribution in [-0.2, 0) is 11.2 Å². The summed E-state index contributed by atoms with van der Waals surface area (Å²) in [4.78, 5) is 10.2. The number of hydrogen-bond acceptors (Lipinski definition) is 2. The van der Waals surface area contributed by atoms with Gasteiger partial charge in [0.2, 0.25) is 0 Å². The van der Waals surface area contributed by atoms with Crippen molar-refractivity contribution in [3.63, 3.8) is 0 Å². The van der Waals surface area contributed by atoms with Crippen LogP contribution in [0, 0.1) is 0 Å². The van der Waals surface area contributed by atoms with E-state index in [1.165, 1.54) is 0 Å². The molecule has 0 amide bonds. The summed E-state index contributed by atoms with van der Waals surface area (Å²) < 4.78 is 5.51. The number of aryl methyl sites for hydroxylation is 1. The lowest BCUT2D eigenvalue weighted by Gasteiger charge is -1.88. The zero-order valence-electron chi connectivity index (χ0n) is 7.50. The fourth-order valence-corrected chi connectivity index (χ4v) is 1.57. The Bertz CT molecular complexity index is 459. The molecule has 0 saturated heterocycles. The van der Waals surface area contributed by atoms with Crippen molar-refractivity contribution in [2.45, 2.75) is 12.8 Å². The molecular weight excluding hydrogens is 200 g/mol. The SMILES string of the molecule is O=CCCc1cc2cc(Cl)ccc2o1. The number of carbonyl (C=O) groups is 1. The van der Waals surface area contributed by atoms with Gasteiger partial charge < -0.3 is 9.21 Å². The van der Waals surface area contributed by atoms with Crippen LogP contribution in [0.3, 0.4) is 0 Å². The smallest absolute Gasteiger partial charge is 0.134 e. The Labute approximate surface area is 86.5 Å². The molecule has 0 fully saturated rings. The third kappa shape index (κ3) is 1.80. The van der Waals surface area contributed by atoms with Crippen LogP contribution in [0.2, 0.25) is 5.02 Å². The average molecular weight is 209 g/mol. The second-order valence-electron chi connectivity index (χ2n) is 3.10. The monoisotopic (exact) mass is 208 g/mol. The van der Waals surface area contributed by atoms with Gasteiger partial charge >= 0.3 is 0 Å². The molecular formula is C11H9ClO2. The van der Waals surface area contributed by atoms with Gasteiger partial charge in [-0.2, -0.15) is 0 Å². The Morgan fingerprint density at radius 2 is 2.21 bits per heavy atom. The number of aldehydes is 1. The highest BCUT2D eigenvalue weighted by molar-refractivity contribution is 6.31. The molecule has 0 aliphatic carbocycles. The summed E-state index contributed by atoms with van der Waals surface area (Å²) in [6.45, 7) is 0. The van der Waals surface area contributed by atoms with Gasteiger partial charge in [0.25, 0.3) is 0 Å². The first-order valence-corrected chi connectivity index (χ1v) is 4.79. The van der Waals surface area contributed by atoms with E-state index in [-0.39, 0.29) is 0 Å². The molecule has 0 bridgehead atoms. The van der Waals surface area contributed by atoms with Crippen LogP contribution in [0.15, 0.2) is 28.7 Å². The number of fused-ring (bicyclic) bond motifs is 1. The zero-order valence-corrected chi connectivity index (χ0v) is 8.25. The van der Waals surface area contributed by atoms with Crippen LogP contribution in [0.1, 0.15) is 12.2 Å². The van der Waals surface area contributed by atoms with E-state index in [1.807, 2.05) is 18.2 Å². The van der Waals surface area contributed by atoms with E-state index in [9.17, 15) is 4.79 Å². The molecule has 3 heteroatoms. The minimum Gasteiger partial charge on any atom is -0.461 e. The topological polar surface area (TPSA) is 30.2 Å². The average Bonchev–Trinajstić information content (AvgIpc) is 2.56. The summed E-state index contributed by atoms with van der Waals surface area (Å²) in [6, 6.07) is 7.40. The normalized spacial score (nSPS) is 10.6. The van der Waals surface area contributed by atoms with Crippen molar-refractivity contribution in [2.75, 3.05) is 0 Å². The molecule has 2 nitrogen and oxygen atoms in total. The molecule has 0 N–H and O–H groups in total. The van der Waals surface area contributed by atoms with E-state index in [4.69, 9.17) is 16.0 Å². The quantitative estimate of drug-likeness (QED) is 0.725. The van der Waals surface area contributed by atoms with E-state index in [2.05, 4.69) is 0 Å². The first-order chi connectivity index (χ1) is 6.79. The van der Waals surface area contributed by atoms with Crippen LogP contribution in [0.25, 0.3) is 11.0 Å². The van der Waals surface area contributed by atoms with Crippen LogP contribution in [0.4, 0.5) is 0 Å². The first-order valence-electron chi connectivity index (χ1n) is 4.41. The highest BCUT2D eigenvalue weighted by atomic mass is 35.5. The summed E-state index contributed by atoms with van der Waals surface area (Å²) in [5.74, 6) is 0.828. The molecule has 0 saturated carbocycles. The molecule has 0 aliphatic heterocycles. The van der Waals surface area contributed by atoms with E-state index < -0.39 is 0 Å². The molecule has 14 heavy (non-hydrogen) atoms. The third-order valence-corrected chi connectivity index (χ3v) is 2.27. The molecule has 0 radical (unpaired) electrons. The molecule has 0 atom stereocenters. The Hall–Kier alpha value is -1.28. The summed E-state index contributed by atoms with van der Waals surface area (Å²) in [5, 5.41) is 1.68. The van der Waals surface area contributed by atoms with Gasteiger partial charge in [0.05, 0.1) is 0 Å². The molecule has 72 valence electrons. The Kier molecular flexibility index (Phi) is 2.55. The highest BCUT2D eigenvalue weighted by Gasteiger charge is 2.03. The van der Waals surface area contributed by atoms with E-state index in [0.717, 1.165) is 23.0 Å². The predicted octanol–water partition coefficient (Wildman–Crippen LogP) is 3.22. The van der Waals surface area contributed by atoms with Crippen molar-refractivity contribution in [3.8, 4) is 0 Å². The molecule has 0 unspecified atom stereocenters. The zero-order chi connectivity index (χ0) is 9.97. The van der Waals surface area contributed by atoms with Crippen LogP contribution < -0.4 is 0 Å². The molecule has 0 spiro atoms. The van der Waals surface area contributed by atoms with Crippen LogP contribution >= 0.6 is 11.6 Å². The number of halogens is 1. The third-order valence-electron chi connectivity index (χ3n) is 2.04. The van der Waals surface area contributed by atoms with Crippen LogP contribution in [0.5, 0.6) is 0 Å². The first kappa shape index (κ1) is 9.28. The van der Waals surface area contributed by atoms with Crippen LogP contribution in [-0.4, -0.2) is 6.29 Å². The molecule has 1 aromatic heterocycles. The van der Waals surface area contributed by atoms with Crippen molar-refractivity contribution in [1.29, 1.82) is 0 Å². The van der Waals surface area contributed by atoms with Gasteiger partial charge in [0.15, 0.2) is 0 Å². The summed E-state index contributed by atoms with van der Waals surface area (Å²) in [7, 11) is 0. The molecule has 2 rings (SSSR count). The summed E-state index contributed by atoms with van der Waals surface area (Å²) in [5.41, 5.74) is 0.815. The number of hydrogen-bond donors (Lipinski definition) is 0. The standard InChI is InChI=1S/C11H9ClO2/c12-9-3-4-11-8(6-9)7-10(14-11)2-1-5-13/h3-7H,1-2H2. The molecule has 1 heterocycles. The van der Waals surface area contributed by atoms with E-state index in [1.54, 1.807) is 6.07 Å². The Morgan fingerprint density at radius 3 is 3.00 bits per heavy atom. The molecule has 1 aromatic carbocycles. The van der Waals surface area contributed by atoms with Gasteiger partial charge in [0, 0.05) is 23.3 Å². The highest BCUT2D eigenvalue weighted by Crippen LogP contribution is 2.23. The predicted molar refractivity (Wildman–Crippen MR) is 55.6 cm³/mol. The maximum atomic E-state index is 10.2. The maximum Gasteiger partial charge on any atom is 0.134 e. The van der Waals surface area contributed by atoms with Gasteiger partial charge in [0.1, 0.15) is 17.6 Å². The minimum atomic E-state index is 0.494. The number of rotatable bonds is 3. The number of benzene rings is 1. The summed E-state index contributed by atoms with van der Waals surface area (Å²) >= 11 is 5.83. The number of carbonyl (C=O) groups excluding carboxylic acids is 1. The summed E-state index contributed by atoms with van der Waals surface area (Å²) in [6.07, 6.45) is 2.03. The fourth-order valence-electron chi connectivity index (χ4n) is 1.39. The second-order valence-corrected chi connectivity index (χ2v) is 3.54. The second kappa shape index (κ2) is 3.84.